The number of likely N-dealkylation sites (tertiary alicyclic amines) is 1. The minimum atomic E-state index is -0.911. The number of carbonyl (C=O) groups excluding carboxylic acids is 1. The van der Waals surface area contributed by atoms with E-state index in [4.69, 9.17) is 5.11 Å². The highest BCUT2D eigenvalue weighted by Crippen LogP contribution is 2.15. The number of nitrogens with zero attached hydrogens (tertiary/aromatic N) is 1. The minimum absolute atomic E-state index is 0.238. The Balaban J connectivity index is 1.55. The van der Waals surface area contributed by atoms with Gasteiger partial charge in [0.2, 0.25) is 5.91 Å². The number of hydrogen-bond acceptors (Lipinski definition) is 3. The number of aromatic carboxylic acids is 1. The van der Waals surface area contributed by atoms with E-state index in [1.165, 1.54) is 0 Å². The lowest BCUT2D eigenvalue weighted by Gasteiger charge is -2.16. The molecule has 0 radical (unpaired) electrons. The van der Waals surface area contributed by atoms with Crippen LogP contribution in [0, 0.1) is 0 Å². The maximum atomic E-state index is 11.7. The van der Waals surface area contributed by atoms with Gasteiger partial charge in [0.1, 0.15) is 0 Å². The molecular weight excluding hydrogens is 316 g/mol. The topological polar surface area (TPSA) is 69.6 Å². The van der Waals surface area contributed by atoms with Crippen molar-refractivity contribution in [2.45, 2.75) is 32.5 Å². The smallest absolute Gasteiger partial charge is 0.335 e. The predicted molar refractivity (Wildman–Crippen MR) is 95.0 cm³/mol. The maximum absolute atomic E-state index is 11.7. The third kappa shape index (κ3) is 4.67. The molecule has 1 aliphatic rings. The molecule has 2 aromatic rings. The van der Waals surface area contributed by atoms with Crippen LogP contribution in [0.3, 0.4) is 0 Å². The van der Waals surface area contributed by atoms with Crippen LogP contribution in [0.25, 0.3) is 0 Å². The monoisotopic (exact) mass is 338 g/mol. The van der Waals surface area contributed by atoms with Crippen LogP contribution in [-0.4, -0.2) is 28.4 Å². The van der Waals surface area contributed by atoms with Gasteiger partial charge in [-0.1, -0.05) is 36.4 Å². The van der Waals surface area contributed by atoms with Gasteiger partial charge in [0, 0.05) is 32.6 Å². The number of carbonyl (C=O) groups is 2. The number of carboxylic acids is 1. The molecule has 25 heavy (non-hydrogen) atoms. The second-order valence-corrected chi connectivity index (χ2v) is 6.35. The second kappa shape index (κ2) is 7.94. The molecule has 0 bridgehead atoms. The van der Waals surface area contributed by atoms with Gasteiger partial charge in [-0.3, -0.25) is 4.79 Å². The van der Waals surface area contributed by atoms with Crippen LogP contribution < -0.4 is 5.32 Å². The Morgan fingerprint density at radius 2 is 1.72 bits per heavy atom. The number of rotatable bonds is 7. The molecular formula is C20H22N2O3. The molecule has 1 fully saturated rings. The summed E-state index contributed by atoms with van der Waals surface area (Å²) >= 11 is 0. The molecule has 0 aliphatic carbocycles. The van der Waals surface area contributed by atoms with Crippen molar-refractivity contribution in [1.29, 1.82) is 0 Å². The summed E-state index contributed by atoms with van der Waals surface area (Å²) in [6, 6.07) is 15.2. The highest BCUT2D eigenvalue weighted by atomic mass is 16.4. The van der Waals surface area contributed by atoms with Crippen LogP contribution in [0.4, 0.5) is 0 Å². The average molecular weight is 338 g/mol. The third-order valence-electron chi connectivity index (χ3n) is 4.37. The molecule has 3 rings (SSSR count). The van der Waals surface area contributed by atoms with Gasteiger partial charge in [-0.25, -0.2) is 4.79 Å². The zero-order chi connectivity index (χ0) is 17.6. The number of benzene rings is 2. The standard InChI is InChI=1S/C20H22N2O3/c23-19-8-3-9-22(19)14-17-6-1-4-15(10-17)12-21-13-16-5-2-7-18(11-16)20(24)25/h1-2,4-7,10-11,21H,3,8-9,12-14H2,(H,24,25). The van der Waals surface area contributed by atoms with E-state index >= 15 is 0 Å². The van der Waals surface area contributed by atoms with E-state index in [0.717, 1.165) is 29.7 Å². The first-order valence-electron chi connectivity index (χ1n) is 8.50. The van der Waals surface area contributed by atoms with Gasteiger partial charge in [0.25, 0.3) is 0 Å². The Hall–Kier alpha value is -2.66. The van der Waals surface area contributed by atoms with Crippen LogP contribution in [0.2, 0.25) is 0 Å². The maximum Gasteiger partial charge on any atom is 0.335 e. The van der Waals surface area contributed by atoms with Crippen molar-refractivity contribution >= 4 is 11.9 Å². The van der Waals surface area contributed by atoms with Gasteiger partial charge in [-0.15, -0.1) is 0 Å². The summed E-state index contributed by atoms with van der Waals surface area (Å²) in [5, 5.41) is 12.4. The zero-order valence-electron chi connectivity index (χ0n) is 14.1. The van der Waals surface area contributed by atoms with E-state index in [-0.39, 0.29) is 5.91 Å². The second-order valence-electron chi connectivity index (χ2n) is 6.35. The van der Waals surface area contributed by atoms with Gasteiger partial charge < -0.3 is 15.3 Å². The molecule has 1 amide bonds. The van der Waals surface area contributed by atoms with E-state index in [1.807, 2.05) is 23.1 Å². The Kier molecular flexibility index (Phi) is 5.46. The van der Waals surface area contributed by atoms with E-state index in [9.17, 15) is 9.59 Å². The molecule has 1 heterocycles. The summed E-state index contributed by atoms with van der Waals surface area (Å²) in [4.78, 5) is 24.6. The Morgan fingerprint density at radius 3 is 2.40 bits per heavy atom. The van der Waals surface area contributed by atoms with Crippen molar-refractivity contribution in [2.24, 2.45) is 0 Å². The molecule has 5 nitrogen and oxygen atoms in total. The molecule has 2 N–H and O–H groups in total. The third-order valence-corrected chi connectivity index (χ3v) is 4.37. The molecule has 130 valence electrons. The number of hydrogen-bond donors (Lipinski definition) is 2. The number of nitrogens with one attached hydrogen (secondary N) is 1. The highest BCUT2D eigenvalue weighted by molar-refractivity contribution is 5.87. The summed E-state index contributed by atoms with van der Waals surface area (Å²) in [5.74, 6) is -0.673. The van der Waals surface area contributed by atoms with Crippen LogP contribution in [0.5, 0.6) is 0 Å². The van der Waals surface area contributed by atoms with E-state index in [2.05, 4.69) is 17.4 Å². The summed E-state index contributed by atoms with van der Waals surface area (Å²) in [7, 11) is 0. The Bertz CT molecular complexity index is 773. The van der Waals surface area contributed by atoms with Gasteiger partial charge in [-0.2, -0.15) is 0 Å². The normalized spacial score (nSPS) is 14.1. The fourth-order valence-corrected chi connectivity index (χ4v) is 3.10. The lowest BCUT2D eigenvalue weighted by atomic mass is 10.1. The van der Waals surface area contributed by atoms with Crippen molar-refractivity contribution in [2.75, 3.05) is 6.54 Å². The SMILES string of the molecule is O=C(O)c1cccc(CNCc2cccc(CN3CCCC3=O)c2)c1. The van der Waals surface area contributed by atoms with Crippen molar-refractivity contribution in [3.8, 4) is 0 Å². The average Bonchev–Trinajstić information content (AvgIpc) is 3.00. The summed E-state index contributed by atoms with van der Waals surface area (Å²) in [5.41, 5.74) is 3.54. The molecule has 0 spiro atoms. The molecule has 0 unspecified atom stereocenters. The molecule has 1 aliphatic heterocycles. The summed E-state index contributed by atoms with van der Waals surface area (Å²) in [6.45, 7) is 2.82. The van der Waals surface area contributed by atoms with E-state index in [0.29, 0.717) is 31.6 Å². The van der Waals surface area contributed by atoms with Gasteiger partial charge in [0.05, 0.1) is 5.56 Å². The lowest BCUT2D eigenvalue weighted by Crippen LogP contribution is -2.23. The van der Waals surface area contributed by atoms with Crippen LogP contribution in [0.1, 0.15) is 39.9 Å². The summed E-state index contributed by atoms with van der Waals surface area (Å²) < 4.78 is 0. The fraction of sp³-hybridized carbons (Fsp3) is 0.300. The number of carboxylic acid groups (broad SMARTS) is 1. The van der Waals surface area contributed by atoms with Crippen molar-refractivity contribution in [3.05, 3.63) is 70.8 Å². The molecule has 0 saturated carbocycles. The van der Waals surface area contributed by atoms with Crippen LogP contribution in [-0.2, 0) is 24.4 Å². The van der Waals surface area contributed by atoms with Gasteiger partial charge >= 0.3 is 5.97 Å². The lowest BCUT2D eigenvalue weighted by molar-refractivity contribution is -0.128. The zero-order valence-corrected chi connectivity index (χ0v) is 14.1. The van der Waals surface area contributed by atoms with Gasteiger partial charge in [0.15, 0.2) is 0 Å². The molecule has 1 saturated heterocycles. The first-order valence-corrected chi connectivity index (χ1v) is 8.50. The molecule has 0 atom stereocenters. The van der Waals surface area contributed by atoms with E-state index < -0.39 is 5.97 Å². The highest BCUT2D eigenvalue weighted by Gasteiger charge is 2.19. The quantitative estimate of drug-likeness (QED) is 0.814. The largest absolute Gasteiger partial charge is 0.478 e. The molecule has 2 aromatic carbocycles. The van der Waals surface area contributed by atoms with Crippen molar-refractivity contribution in [1.82, 2.24) is 10.2 Å². The Labute approximate surface area is 147 Å². The first kappa shape index (κ1) is 17.2. The van der Waals surface area contributed by atoms with Crippen molar-refractivity contribution in [3.63, 3.8) is 0 Å². The minimum Gasteiger partial charge on any atom is -0.478 e. The van der Waals surface area contributed by atoms with E-state index in [1.54, 1.807) is 18.2 Å². The van der Waals surface area contributed by atoms with Crippen LogP contribution >= 0.6 is 0 Å². The number of amides is 1. The molecule has 0 aromatic heterocycles. The van der Waals surface area contributed by atoms with Crippen LogP contribution in [0.15, 0.2) is 48.5 Å². The van der Waals surface area contributed by atoms with Gasteiger partial charge in [-0.05, 0) is 35.2 Å². The summed E-state index contributed by atoms with van der Waals surface area (Å²) in [6.07, 6.45) is 1.62. The molecule has 5 heteroatoms. The fourth-order valence-electron chi connectivity index (χ4n) is 3.10. The first-order chi connectivity index (χ1) is 12.1. The van der Waals surface area contributed by atoms with Crippen molar-refractivity contribution < 1.29 is 14.7 Å². The Morgan fingerprint density at radius 1 is 1.04 bits per heavy atom. The predicted octanol–water partition coefficient (Wildman–Crippen LogP) is 2.80.